The fourth-order valence-corrected chi connectivity index (χ4v) is 2.13. The van der Waals surface area contributed by atoms with Gasteiger partial charge in [0.25, 0.3) is 0 Å². The predicted molar refractivity (Wildman–Crippen MR) is 79.4 cm³/mol. The van der Waals surface area contributed by atoms with Crippen LogP contribution in [0.1, 0.15) is 13.3 Å². The van der Waals surface area contributed by atoms with Crippen molar-refractivity contribution in [2.24, 2.45) is 0 Å². The SMILES string of the molecule is C=CCNC(=O)CN1CCN(C(=O)CCNCC)CC1. The lowest BCUT2D eigenvalue weighted by Crippen LogP contribution is -2.51. The van der Waals surface area contributed by atoms with Gasteiger partial charge in [0, 0.05) is 45.7 Å². The predicted octanol–water partition coefficient (Wildman–Crippen LogP) is -0.568. The Hall–Kier alpha value is -1.40. The third-order valence-corrected chi connectivity index (χ3v) is 3.30. The maximum absolute atomic E-state index is 11.9. The molecule has 0 aromatic rings. The minimum atomic E-state index is 0.0109. The van der Waals surface area contributed by atoms with Crippen molar-refractivity contribution >= 4 is 11.8 Å². The number of nitrogens with one attached hydrogen (secondary N) is 2. The third-order valence-electron chi connectivity index (χ3n) is 3.30. The number of hydrogen-bond donors (Lipinski definition) is 2. The van der Waals surface area contributed by atoms with E-state index in [0.29, 0.717) is 32.6 Å². The summed E-state index contributed by atoms with van der Waals surface area (Å²) in [4.78, 5) is 27.5. The molecule has 6 nitrogen and oxygen atoms in total. The topological polar surface area (TPSA) is 64.7 Å². The summed E-state index contributed by atoms with van der Waals surface area (Å²) < 4.78 is 0. The van der Waals surface area contributed by atoms with Gasteiger partial charge in [0.1, 0.15) is 0 Å². The van der Waals surface area contributed by atoms with Gasteiger partial charge < -0.3 is 15.5 Å². The van der Waals surface area contributed by atoms with E-state index in [2.05, 4.69) is 22.1 Å². The largest absolute Gasteiger partial charge is 0.352 e. The van der Waals surface area contributed by atoms with Gasteiger partial charge in [0.2, 0.25) is 11.8 Å². The summed E-state index contributed by atoms with van der Waals surface area (Å²) in [7, 11) is 0. The Balaban J connectivity index is 2.20. The highest BCUT2D eigenvalue weighted by Crippen LogP contribution is 2.03. The number of amides is 2. The maximum atomic E-state index is 11.9. The molecule has 0 aliphatic carbocycles. The van der Waals surface area contributed by atoms with E-state index in [1.54, 1.807) is 6.08 Å². The van der Waals surface area contributed by atoms with Crippen molar-refractivity contribution in [2.75, 3.05) is 52.4 Å². The van der Waals surface area contributed by atoms with Gasteiger partial charge in [-0.15, -0.1) is 6.58 Å². The first-order valence-corrected chi connectivity index (χ1v) is 7.25. The Labute approximate surface area is 121 Å². The molecule has 2 N–H and O–H groups in total. The van der Waals surface area contributed by atoms with Crippen molar-refractivity contribution in [1.29, 1.82) is 0 Å². The maximum Gasteiger partial charge on any atom is 0.234 e. The van der Waals surface area contributed by atoms with Crippen molar-refractivity contribution < 1.29 is 9.59 Å². The van der Waals surface area contributed by atoms with Crippen LogP contribution in [-0.2, 0) is 9.59 Å². The molecule has 1 fully saturated rings. The Kier molecular flexibility index (Phi) is 7.91. The van der Waals surface area contributed by atoms with Crippen molar-refractivity contribution in [1.82, 2.24) is 20.4 Å². The van der Waals surface area contributed by atoms with Gasteiger partial charge in [0.05, 0.1) is 6.54 Å². The number of piperazine rings is 1. The fraction of sp³-hybridized carbons (Fsp3) is 0.714. The van der Waals surface area contributed by atoms with Crippen LogP contribution in [0.4, 0.5) is 0 Å². The van der Waals surface area contributed by atoms with Crippen molar-refractivity contribution in [3.8, 4) is 0 Å². The Bertz CT molecular complexity index is 325. The monoisotopic (exact) mass is 282 g/mol. The summed E-state index contributed by atoms with van der Waals surface area (Å²) in [5.74, 6) is 0.207. The quantitative estimate of drug-likeness (QED) is 0.462. The number of nitrogens with zero attached hydrogens (tertiary/aromatic N) is 2. The highest BCUT2D eigenvalue weighted by molar-refractivity contribution is 5.78. The van der Waals surface area contributed by atoms with Crippen LogP contribution in [-0.4, -0.2) is 74.0 Å². The van der Waals surface area contributed by atoms with Gasteiger partial charge >= 0.3 is 0 Å². The molecule has 0 aromatic heterocycles. The molecule has 0 aromatic carbocycles. The molecule has 0 atom stereocenters. The average Bonchev–Trinajstić information content (AvgIpc) is 2.46. The summed E-state index contributed by atoms with van der Waals surface area (Å²) in [6, 6.07) is 0. The molecule has 0 bridgehead atoms. The Morgan fingerprint density at radius 2 is 1.95 bits per heavy atom. The summed E-state index contributed by atoms with van der Waals surface area (Å²) in [6.45, 7) is 11.0. The zero-order valence-electron chi connectivity index (χ0n) is 12.4. The second-order valence-electron chi connectivity index (χ2n) is 4.85. The van der Waals surface area contributed by atoms with Crippen molar-refractivity contribution in [3.63, 3.8) is 0 Å². The molecule has 2 amide bonds. The van der Waals surface area contributed by atoms with E-state index in [0.717, 1.165) is 26.2 Å². The van der Waals surface area contributed by atoms with E-state index in [1.807, 2.05) is 11.8 Å². The molecule has 0 radical (unpaired) electrons. The molecule has 0 unspecified atom stereocenters. The minimum Gasteiger partial charge on any atom is -0.352 e. The van der Waals surface area contributed by atoms with E-state index in [9.17, 15) is 9.59 Å². The summed E-state index contributed by atoms with van der Waals surface area (Å²) in [5, 5.41) is 5.91. The second-order valence-corrected chi connectivity index (χ2v) is 4.85. The van der Waals surface area contributed by atoms with E-state index in [4.69, 9.17) is 0 Å². The number of hydrogen-bond acceptors (Lipinski definition) is 4. The number of rotatable bonds is 8. The lowest BCUT2D eigenvalue weighted by atomic mass is 10.2. The second kappa shape index (κ2) is 9.50. The van der Waals surface area contributed by atoms with Crippen LogP contribution in [0.15, 0.2) is 12.7 Å². The molecule has 1 rings (SSSR count). The first-order valence-electron chi connectivity index (χ1n) is 7.25. The van der Waals surface area contributed by atoms with Gasteiger partial charge in [-0.3, -0.25) is 14.5 Å². The van der Waals surface area contributed by atoms with Gasteiger partial charge in [-0.25, -0.2) is 0 Å². The van der Waals surface area contributed by atoms with Gasteiger partial charge in [-0.2, -0.15) is 0 Å². The fourth-order valence-electron chi connectivity index (χ4n) is 2.13. The first kappa shape index (κ1) is 16.7. The Morgan fingerprint density at radius 3 is 2.55 bits per heavy atom. The zero-order chi connectivity index (χ0) is 14.8. The zero-order valence-corrected chi connectivity index (χ0v) is 12.4. The van der Waals surface area contributed by atoms with Crippen molar-refractivity contribution in [2.45, 2.75) is 13.3 Å². The molecule has 6 heteroatoms. The van der Waals surface area contributed by atoms with E-state index in [-0.39, 0.29) is 11.8 Å². The normalized spacial score (nSPS) is 15.9. The molecule has 0 spiro atoms. The van der Waals surface area contributed by atoms with Crippen LogP contribution in [0.25, 0.3) is 0 Å². The van der Waals surface area contributed by atoms with Gasteiger partial charge in [0.15, 0.2) is 0 Å². The standard InChI is InChI=1S/C14H26N4O2/c1-3-6-16-13(19)12-17-8-10-18(11-9-17)14(20)5-7-15-4-2/h3,15H,1,4-12H2,2H3,(H,16,19). The van der Waals surface area contributed by atoms with Crippen LogP contribution >= 0.6 is 0 Å². The van der Waals surface area contributed by atoms with Crippen LogP contribution < -0.4 is 10.6 Å². The lowest BCUT2D eigenvalue weighted by Gasteiger charge is -2.34. The smallest absolute Gasteiger partial charge is 0.234 e. The minimum absolute atomic E-state index is 0.0109. The summed E-state index contributed by atoms with van der Waals surface area (Å²) in [6.07, 6.45) is 2.21. The third kappa shape index (κ3) is 6.16. The summed E-state index contributed by atoms with van der Waals surface area (Å²) >= 11 is 0. The van der Waals surface area contributed by atoms with Crippen LogP contribution in [0.5, 0.6) is 0 Å². The van der Waals surface area contributed by atoms with Crippen molar-refractivity contribution in [3.05, 3.63) is 12.7 Å². The molecule has 1 aliphatic rings. The van der Waals surface area contributed by atoms with Crippen LogP contribution in [0, 0.1) is 0 Å². The Morgan fingerprint density at radius 1 is 1.25 bits per heavy atom. The molecule has 1 saturated heterocycles. The van der Waals surface area contributed by atoms with E-state index >= 15 is 0 Å². The lowest BCUT2D eigenvalue weighted by molar-refractivity contribution is -0.133. The number of carbonyl (C=O) groups excluding carboxylic acids is 2. The molecule has 1 heterocycles. The first-order chi connectivity index (χ1) is 9.67. The highest BCUT2D eigenvalue weighted by atomic mass is 16.2. The number of carbonyl (C=O) groups is 2. The van der Waals surface area contributed by atoms with Gasteiger partial charge in [-0.1, -0.05) is 13.0 Å². The van der Waals surface area contributed by atoms with Crippen LogP contribution in [0.2, 0.25) is 0 Å². The van der Waals surface area contributed by atoms with E-state index in [1.165, 1.54) is 0 Å². The molecular formula is C14H26N4O2. The van der Waals surface area contributed by atoms with Gasteiger partial charge in [-0.05, 0) is 6.54 Å². The molecule has 1 aliphatic heterocycles. The highest BCUT2D eigenvalue weighted by Gasteiger charge is 2.21. The molecule has 114 valence electrons. The van der Waals surface area contributed by atoms with Crippen LogP contribution in [0.3, 0.4) is 0 Å². The molecular weight excluding hydrogens is 256 g/mol. The summed E-state index contributed by atoms with van der Waals surface area (Å²) in [5.41, 5.74) is 0. The molecule has 0 saturated carbocycles. The van der Waals surface area contributed by atoms with E-state index < -0.39 is 0 Å². The molecule has 20 heavy (non-hydrogen) atoms. The average molecular weight is 282 g/mol.